The molecule has 1 aliphatic heterocycles. The van der Waals surface area contributed by atoms with E-state index < -0.39 is 43.1 Å². The third kappa shape index (κ3) is 2.83. The molecule has 1 aliphatic carbocycles. The fourth-order valence-electron chi connectivity index (χ4n) is 3.50. The Balaban J connectivity index is 1.71. The fourth-order valence-corrected chi connectivity index (χ4v) is 3.50. The van der Waals surface area contributed by atoms with Crippen molar-refractivity contribution in [1.82, 2.24) is 0 Å². The van der Waals surface area contributed by atoms with E-state index in [4.69, 9.17) is 9.47 Å². The number of carbonyl (C=O) groups excluding carboxylic acids is 2. The first-order valence-electron chi connectivity index (χ1n) is 8.72. The first kappa shape index (κ1) is 18.7. The molecule has 4 rings (SSSR count). The van der Waals surface area contributed by atoms with Gasteiger partial charge in [0.1, 0.15) is 30.2 Å². The van der Waals surface area contributed by atoms with Crippen LogP contribution in [0.25, 0.3) is 0 Å². The number of hydrogen-bond acceptors (Lipinski definition) is 8. The zero-order chi connectivity index (χ0) is 20.0. The Morgan fingerprint density at radius 2 is 1.46 bits per heavy atom. The van der Waals surface area contributed by atoms with Gasteiger partial charge in [0.25, 0.3) is 0 Å². The minimum atomic E-state index is -1.63. The maximum Gasteiger partial charge on any atom is 0.229 e. The Morgan fingerprint density at radius 1 is 0.821 bits per heavy atom. The number of fused-ring (bicyclic) bond motifs is 2. The molecule has 0 aromatic heterocycles. The van der Waals surface area contributed by atoms with Crippen LogP contribution in [0.2, 0.25) is 0 Å². The van der Waals surface area contributed by atoms with Crippen LogP contribution < -0.4 is 4.74 Å². The largest absolute Gasteiger partial charge is 0.461 e. The standard InChI is InChI=1S/C20H18O8/c21-8-13-17(24)18(25)19(26)20(28-13)27-12-7-3-6-11-14(12)16(23)10-5-2-1-4-9(10)15(11)22/h1-7,13,17-21,24-26H,8H2/t13-,17-,18+,19-,20-/m1/s1. The number of ketones is 2. The fraction of sp³-hybridized carbons (Fsp3) is 0.300. The van der Waals surface area contributed by atoms with Crippen molar-refractivity contribution < 1.29 is 39.5 Å². The summed E-state index contributed by atoms with van der Waals surface area (Å²) in [4.78, 5) is 25.7. The smallest absolute Gasteiger partial charge is 0.229 e. The number of rotatable bonds is 3. The maximum absolute atomic E-state index is 13.0. The summed E-state index contributed by atoms with van der Waals surface area (Å²) in [6.45, 7) is -0.609. The van der Waals surface area contributed by atoms with Crippen LogP contribution in [0.5, 0.6) is 5.75 Å². The molecule has 2 aliphatic rings. The van der Waals surface area contributed by atoms with Crippen molar-refractivity contribution in [3.8, 4) is 5.75 Å². The molecule has 1 fully saturated rings. The van der Waals surface area contributed by atoms with Gasteiger partial charge in [-0.1, -0.05) is 36.4 Å². The van der Waals surface area contributed by atoms with Crippen molar-refractivity contribution in [2.45, 2.75) is 30.7 Å². The van der Waals surface area contributed by atoms with Gasteiger partial charge in [-0.05, 0) is 6.07 Å². The first-order chi connectivity index (χ1) is 13.4. The second-order valence-electron chi connectivity index (χ2n) is 6.70. The van der Waals surface area contributed by atoms with Crippen LogP contribution in [0.3, 0.4) is 0 Å². The average molecular weight is 386 g/mol. The molecule has 5 atom stereocenters. The molecular weight excluding hydrogens is 368 g/mol. The molecule has 0 spiro atoms. The molecule has 1 heterocycles. The zero-order valence-corrected chi connectivity index (χ0v) is 14.6. The Bertz CT molecular complexity index is 938. The second-order valence-corrected chi connectivity index (χ2v) is 6.70. The Hall–Kier alpha value is -2.62. The van der Waals surface area contributed by atoms with E-state index in [1.165, 1.54) is 18.2 Å². The van der Waals surface area contributed by atoms with Gasteiger partial charge in [-0.15, -0.1) is 0 Å². The van der Waals surface area contributed by atoms with E-state index in [1.54, 1.807) is 24.3 Å². The Kier molecular flexibility index (Phi) is 4.74. The Labute approximate surface area is 159 Å². The topological polar surface area (TPSA) is 134 Å². The van der Waals surface area contributed by atoms with E-state index in [1.807, 2.05) is 0 Å². The normalized spacial score (nSPS) is 29.2. The van der Waals surface area contributed by atoms with Crippen LogP contribution in [-0.2, 0) is 4.74 Å². The number of hydrogen-bond donors (Lipinski definition) is 4. The van der Waals surface area contributed by atoms with Crippen molar-refractivity contribution in [2.24, 2.45) is 0 Å². The Morgan fingerprint density at radius 3 is 2.14 bits per heavy atom. The lowest BCUT2D eigenvalue weighted by Gasteiger charge is -2.39. The zero-order valence-electron chi connectivity index (χ0n) is 14.6. The molecule has 8 heteroatoms. The highest BCUT2D eigenvalue weighted by atomic mass is 16.7. The number of carbonyl (C=O) groups is 2. The van der Waals surface area contributed by atoms with Crippen LogP contribution >= 0.6 is 0 Å². The van der Waals surface area contributed by atoms with Crippen LogP contribution in [-0.4, -0.2) is 69.3 Å². The molecule has 0 saturated carbocycles. The van der Waals surface area contributed by atoms with E-state index in [0.29, 0.717) is 5.56 Å². The van der Waals surface area contributed by atoms with Crippen LogP contribution in [0.1, 0.15) is 31.8 Å². The highest BCUT2D eigenvalue weighted by Crippen LogP contribution is 2.35. The molecule has 1 saturated heterocycles. The number of aliphatic hydroxyl groups is 4. The number of ether oxygens (including phenoxy) is 2. The summed E-state index contributed by atoms with van der Waals surface area (Å²) in [5, 5.41) is 39.3. The van der Waals surface area contributed by atoms with Gasteiger partial charge in [-0.25, -0.2) is 0 Å². The number of aliphatic hydroxyl groups excluding tert-OH is 4. The molecule has 0 amide bonds. The highest BCUT2D eigenvalue weighted by molar-refractivity contribution is 6.29. The highest BCUT2D eigenvalue weighted by Gasteiger charge is 2.45. The van der Waals surface area contributed by atoms with Gasteiger partial charge in [0.15, 0.2) is 11.6 Å². The van der Waals surface area contributed by atoms with E-state index in [9.17, 15) is 30.0 Å². The molecule has 146 valence electrons. The second kappa shape index (κ2) is 7.08. The van der Waals surface area contributed by atoms with E-state index in [2.05, 4.69) is 0 Å². The van der Waals surface area contributed by atoms with E-state index in [-0.39, 0.29) is 28.2 Å². The molecule has 4 N–H and O–H groups in total. The lowest BCUT2D eigenvalue weighted by atomic mass is 9.83. The lowest BCUT2D eigenvalue weighted by molar-refractivity contribution is -0.277. The summed E-state index contributed by atoms with van der Waals surface area (Å²) in [6.07, 6.45) is -7.38. The van der Waals surface area contributed by atoms with Crippen LogP contribution in [0.15, 0.2) is 42.5 Å². The van der Waals surface area contributed by atoms with E-state index >= 15 is 0 Å². The molecule has 2 aromatic carbocycles. The van der Waals surface area contributed by atoms with Crippen molar-refractivity contribution in [3.05, 3.63) is 64.7 Å². The molecule has 0 bridgehead atoms. The lowest BCUT2D eigenvalue weighted by Crippen LogP contribution is -2.60. The molecule has 0 unspecified atom stereocenters. The van der Waals surface area contributed by atoms with Gasteiger partial charge in [0.2, 0.25) is 6.29 Å². The summed E-state index contributed by atoms with van der Waals surface area (Å²) in [5.74, 6) is -0.746. The van der Waals surface area contributed by atoms with Crippen LogP contribution in [0.4, 0.5) is 0 Å². The van der Waals surface area contributed by atoms with Gasteiger partial charge in [0, 0.05) is 16.7 Å². The summed E-state index contributed by atoms with van der Waals surface area (Å²) in [6, 6.07) is 10.9. The SMILES string of the molecule is O=C1c2ccccc2C(=O)c2c(O[C@@H]3O[C@H](CO)[C@@H](O)[C@H](O)[C@H]3O)cccc21. The minimum absolute atomic E-state index is 0.00492. The van der Waals surface area contributed by atoms with Gasteiger partial charge in [0.05, 0.1) is 12.2 Å². The first-order valence-corrected chi connectivity index (χ1v) is 8.72. The van der Waals surface area contributed by atoms with Crippen molar-refractivity contribution >= 4 is 11.6 Å². The third-order valence-electron chi connectivity index (χ3n) is 5.01. The monoisotopic (exact) mass is 386 g/mol. The van der Waals surface area contributed by atoms with E-state index in [0.717, 1.165) is 0 Å². The van der Waals surface area contributed by atoms with Gasteiger partial charge in [-0.2, -0.15) is 0 Å². The van der Waals surface area contributed by atoms with Crippen molar-refractivity contribution in [1.29, 1.82) is 0 Å². The third-order valence-corrected chi connectivity index (χ3v) is 5.01. The summed E-state index contributed by atoms with van der Waals surface area (Å²) >= 11 is 0. The van der Waals surface area contributed by atoms with Gasteiger partial charge < -0.3 is 29.9 Å². The van der Waals surface area contributed by atoms with Crippen molar-refractivity contribution in [3.63, 3.8) is 0 Å². The summed E-state index contributed by atoms with van der Waals surface area (Å²) < 4.78 is 11.0. The minimum Gasteiger partial charge on any atom is -0.461 e. The predicted molar refractivity (Wildman–Crippen MR) is 94.1 cm³/mol. The predicted octanol–water partition coefficient (Wildman–Crippen LogP) is -0.359. The maximum atomic E-state index is 13.0. The van der Waals surface area contributed by atoms with Crippen molar-refractivity contribution in [2.75, 3.05) is 6.61 Å². The quantitative estimate of drug-likeness (QED) is 0.480. The average Bonchev–Trinajstić information content (AvgIpc) is 2.72. The van der Waals surface area contributed by atoms with Gasteiger partial charge in [-0.3, -0.25) is 9.59 Å². The van der Waals surface area contributed by atoms with Gasteiger partial charge >= 0.3 is 0 Å². The molecule has 0 radical (unpaired) electrons. The molecule has 28 heavy (non-hydrogen) atoms. The number of benzene rings is 2. The van der Waals surface area contributed by atoms with Crippen LogP contribution in [0, 0.1) is 0 Å². The summed E-state index contributed by atoms with van der Waals surface area (Å²) in [5.41, 5.74) is 0.726. The molecular formula is C20H18O8. The molecule has 8 nitrogen and oxygen atoms in total. The summed E-state index contributed by atoms with van der Waals surface area (Å²) in [7, 11) is 0. The molecule has 2 aromatic rings.